The van der Waals surface area contributed by atoms with E-state index in [-0.39, 0.29) is 16.9 Å². The van der Waals surface area contributed by atoms with E-state index in [1.807, 2.05) is 0 Å². The van der Waals surface area contributed by atoms with Gasteiger partial charge < -0.3 is 9.80 Å². The molecule has 10 aromatic rings. The van der Waals surface area contributed by atoms with Crippen LogP contribution in [0.1, 0.15) is 56.9 Å². The van der Waals surface area contributed by atoms with Gasteiger partial charge in [0.2, 0.25) is 0 Å². The second-order valence-corrected chi connectivity index (χ2v) is 21.8. The van der Waals surface area contributed by atoms with Crippen LogP contribution in [0.4, 0.5) is 22.7 Å². The van der Waals surface area contributed by atoms with Crippen molar-refractivity contribution in [3.05, 3.63) is 289 Å². The van der Waals surface area contributed by atoms with Crippen molar-refractivity contribution < 1.29 is 0 Å². The van der Waals surface area contributed by atoms with Crippen molar-refractivity contribution in [1.82, 2.24) is 0 Å². The van der Waals surface area contributed by atoms with Gasteiger partial charge in [-0.15, -0.1) is 0 Å². The molecule has 0 fully saturated rings. The van der Waals surface area contributed by atoms with Gasteiger partial charge in [0.15, 0.2) is 0 Å². The number of allylic oxidation sites excluding steroid dienone is 2. The monoisotopic (exact) mass is 964 g/mol. The SMILES string of the molecule is CC1(C)c2ccccc2-c2ccc(-c3ccccc3N(c3ccc(-c4ccccc4)cc3)C3C=CC=C[C@@]3(C)N(c3ccc(-c4ccccc4)cc3)c3ccccc3-c3ccc4c(c3)C(C)(C)c3ccccc3-4)cc21. The van der Waals surface area contributed by atoms with Gasteiger partial charge in [-0.25, -0.2) is 0 Å². The summed E-state index contributed by atoms with van der Waals surface area (Å²) >= 11 is 0. The van der Waals surface area contributed by atoms with Gasteiger partial charge in [0, 0.05) is 44.7 Å². The fourth-order valence-corrected chi connectivity index (χ4v) is 12.9. The van der Waals surface area contributed by atoms with E-state index in [1.165, 1.54) is 89.0 Å². The molecule has 0 saturated heterocycles. The Hall–Kier alpha value is -8.72. The van der Waals surface area contributed by atoms with Crippen LogP contribution in [0.15, 0.2) is 267 Å². The van der Waals surface area contributed by atoms with Crippen LogP contribution >= 0.6 is 0 Å². The smallest absolute Gasteiger partial charge is 0.0851 e. The second kappa shape index (κ2) is 18.0. The number of anilines is 4. The van der Waals surface area contributed by atoms with Gasteiger partial charge >= 0.3 is 0 Å². The number of fused-ring (bicyclic) bond motifs is 6. The molecule has 0 N–H and O–H groups in total. The normalized spacial score (nSPS) is 17.2. The summed E-state index contributed by atoms with van der Waals surface area (Å²) in [6, 6.07) is 90.0. The molecule has 0 spiro atoms. The zero-order valence-corrected chi connectivity index (χ0v) is 43.4. The van der Waals surface area contributed by atoms with Crippen molar-refractivity contribution in [2.45, 2.75) is 57.0 Å². The first-order chi connectivity index (χ1) is 36.6. The van der Waals surface area contributed by atoms with Crippen molar-refractivity contribution in [3.8, 4) is 66.8 Å². The molecular formula is C73H60N2. The molecule has 75 heavy (non-hydrogen) atoms. The molecule has 0 amide bonds. The largest absolute Gasteiger partial charge is 0.331 e. The molecule has 362 valence electrons. The Morgan fingerprint density at radius 3 is 1.21 bits per heavy atom. The lowest BCUT2D eigenvalue weighted by atomic mass is 9.80. The molecule has 0 aromatic heterocycles. The number of para-hydroxylation sites is 2. The summed E-state index contributed by atoms with van der Waals surface area (Å²) < 4.78 is 0. The van der Waals surface area contributed by atoms with Crippen LogP contribution in [-0.4, -0.2) is 11.6 Å². The van der Waals surface area contributed by atoms with Crippen LogP contribution in [0.5, 0.6) is 0 Å². The molecule has 0 radical (unpaired) electrons. The van der Waals surface area contributed by atoms with Crippen molar-refractivity contribution in [2.75, 3.05) is 9.80 Å². The number of hydrogen-bond acceptors (Lipinski definition) is 2. The van der Waals surface area contributed by atoms with Gasteiger partial charge in [-0.3, -0.25) is 0 Å². The van der Waals surface area contributed by atoms with Gasteiger partial charge in [0.1, 0.15) is 0 Å². The lowest BCUT2D eigenvalue weighted by molar-refractivity contribution is 0.495. The molecule has 2 nitrogen and oxygen atoms in total. The molecule has 2 atom stereocenters. The minimum atomic E-state index is -0.669. The summed E-state index contributed by atoms with van der Waals surface area (Å²) in [5, 5.41) is 0. The standard InChI is InChI=1S/C73H60N2/c1-71(2)64-30-16-12-28-60(64)62-45-39-54(48-66(62)71)58-26-14-18-32-68(58)74(56-41-35-52(36-42-56)50-22-8-6-9-23-50)70-34-20-21-47-73(70,5)75(57-43-37-53(38-44-57)51-24-10-7-11-25-51)69-33-19-15-27-59(69)55-40-46-63-61-29-13-17-31-65(61)72(3,4)67(63)49-55/h6-49,70H,1-5H3/t70?,73-/m1/s1. The van der Waals surface area contributed by atoms with Gasteiger partial charge in [0.25, 0.3) is 0 Å². The maximum absolute atomic E-state index is 2.62. The molecule has 0 heterocycles. The molecule has 2 heteroatoms. The summed E-state index contributed by atoms with van der Waals surface area (Å²) in [5.74, 6) is 0. The number of nitrogens with zero attached hydrogens (tertiary/aromatic N) is 2. The topological polar surface area (TPSA) is 6.48 Å². The summed E-state index contributed by atoms with van der Waals surface area (Å²) in [6.45, 7) is 11.9. The Labute approximate surface area is 443 Å². The Kier molecular flexibility index (Phi) is 11.1. The van der Waals surface area contributed by atoms with E-state index in [1.54, 1.807) is 0 Å². The van der Waals surface area contributed by atoms with Crippen LogP contribution in [0.25, 0.3) is 66.8 Å². The van der Waals surface area contributed by atoms with E-state index in [0.717, 1.165) is 22.7 Å². The predicted molar refractivity (Wildman–Crippen MR) is 317 cm³/mol. The molecule has 0 aliphatic heterocycles. The highest BCUT2D eigenvalue weighted by atomic mass is 15.3. The maximum atomic E-state index is 2.62. The third-order valence-electron chi connectivity index (χ3n) is 16.8. The zero-order chi connectivity index (χ0) is 50.9. The molecule has 10 aromatic carbocycles. The minimum Gasteiger partial charge on any atom is -0.331 e. The summed E-state index contributed by atoms with van der Waals surface area (Å²) in [7, 11) is 0. The van der Waals surface area contributed by atoms with Crippen molar-refractivity contribution in [1.29, 1.82) is 0 Å². The number of benzene rings is 10. The molecule has 0 bridgehead atoms. The molecule has 3 aliphatic carbocycles. The second-order valence-electron chi connectivity index (χ2n) is 21.8. The van der Waals surface area contributed by atoms with E-state index < -0.39 is 5.54 Å². The third kappa shape index (κ3) is 7.61. The fourth-order valence-electron chi connectivity index (χ4n) is 12.9. The summed E-state index contributed by atoms with van der Waals surface area (Å²) in [6.07, 6.45) is 9.36. The molecule has 3 aliphatic rings. The highest BCUT2D eigenvalue weighted by Gasteiger charge is 2.45. The Bertz CT molecular complexity index is 3840. The molecule has 1 unspecified atom stereocenters. The predicted octanol–water partition coefficient (Wildman–Crippen LogP) is 19.2. The van der Waals surface area contributed by atoms with E-state index in [4.69, 9.17) is 0 Å². The van der Waals surface area contributed by atoms with Gasteiger partial charge in [-0.2, -0.15) is 0 Å². The zero-order valence-electron chi connectivity index (χ0n) is 43.4. The first kappa shape index (κ1) is 46.1. The first-order valence-corrected chi connectivity index (χ1v) is 26.5. The van der Waals surface area contributed by atoms with E-state index in [9.17, 15) is 0 Å². The summed E-state index contributed by atoms with van der Waals surface area (Å²) in [4.78, 5) is 5.23. The minimum absolute atomic E-state index is 0.137. The maximum Gasteiger partial charge on any atom is 0.0851 e. The molecule has 13 rings (SSSR count). The Morgan fingerprint density at radius 2 is 0.693 bits per heavy atom. The van der Waals surface area contributed by atoms with E-state index in [2.05, 4.69) is 311 Å². The number of rotatable bonds is 10. The molecular weight excluding hydrogens is 905 g/mol. The van der Waals surface area contributed by atoms with Crippen LogP contribution in [0.3, 0.4) is 0 Å². The van der Waals surface area contributed by atoms with Crippen molar-refractivity contribution >= 4 is 22.7 Å². The average molecular weight is 965 g/mol. The van der Waals surface area contributed by atoms with Gasteiger partial charge in [0.05, 0.1) is 11.6 Å². The number of hydrogen-bond donors (Lipinski definition) is 0. The van der Waals surface area contributed by atoms with Crippen LogP contribution in [0, 0.1) is 0 Å². The Balaban J connectivity index is 1.01. The lowest BCUT2D eigenvalue weighted by Gasteiger charge is -2.51. The highest BCUT2D eigenvalue weighted by molar-refractivity contribution is 5.92. The van der Waals surface area contributed by atoms with Crippen LogP contribution in [0.2, 0.25) is 0 Å². The summed E-state index contributed by atoms with van der Waals surface area (Å²) in [5.41, 5.74) is 23.9. The fraction of sp³-hybridized carbons (Fsp3) is 0.123. The lowest BCUT2D eigenvalue weighted by Crippen LogP contribution is -2.57. The van der Waals surface area contributed by atoms with Crippen LogP contribution < -0.4 is 9.80 Å². The Morgan fingerprint density at radius 1 is 0.307 bits per heavy atom. The highest BCUT2D eigenvalue weighted by Crippen LogP contribution is 2.54. The van der Waals surface area contributed by atoms with Crippen molar-refractivity contribution in [3.63, 3.8) is 0 Å². The molecule has 0 saturated carbocycles. The van der Waals surface area contributed by atoms with Crippen LogP contribution in [-0.2, 0) is 10.8 Å². The van der Waals surface area contributed by atoms with Gasteiger partial charge in [-0.1, -0.05) is 246 Å². The first-order valence-electron chi connectivity index (χ1n) is 26.5. The quantitative estimate of drug-likeness (QED) is 0.135. The van der Waals surface area contributed by atoms with E-state index in [0.29, 0.717) is 0 Å². The van der Waals surface area contributed by atoms with E-state index >= 15 is 0 Å². The average Bonchev–Trinajstić information content (AvgIpc) is 3.86. The third-order valence-corrected chi connectivity index (χ3v) is 16.8. The van der Waals surface area contributed by atoms with Gasteiger partial charge in [-0.05, 0) is 133 Å². The van der Waals surface area contributed by atoms with Crippen molar-refractivity contribution in [2.24, 2.45) is 0 Å².